The first-order chi connectivity index (χ1) is 10.0. The highest BCUT2D eigenvalue weighted by molar-refractivity contribution is 9.10. The molecular formula is C15H22BrNO5. The monoisotopic (exact) mass is 375 g/mol. The molecule has 0 aliphatic rings. The molecule has 1 aromatic rings. The number of hydrogen-bond acceptors (Lipinski definition) is 4. The molecule has 0 radical (unpaired) electrons. The van der Waals surface area contributed by atoms with Crippen LogP contribution in [0.3, 0.4) is 0 Å². The van der Waals surface area contributed by atoms with Gasteiger partial charge in [-0.05, 0) is 62.2 Å². The van der Waals surface area contributed by atoms with Gasteiger partial charge in [0.2, 0.25) is 0 Å². The van der Waals surface area contributed by atoms with Gasteiger partial charge in [0, 0.05) is 6.54 Å². The fourth-order valence-electron chi connectivity index (χ4n) is 1.97. The third-order valence-corrected chi connectivity index (χ3v) is 3.50. The van der Waals surface area contributed by atoms with E-state index in [2.05, 4.69) is 15.9 Å². The van der Waals surface area contributed by atoms with Crippen LogP contribution in [0.5, 0.6) is 0 Å². The zero-order valence-electron chi connectivity index (χ0n) is 13.5. The van der Waals surface area contributed by atoms with Crippen molar-refractivity contribution in [3.63, 3.8) is 0 Å². The van der Waals surface area contributed by atoms with Crippen LogP contribution in [0.1, 0.15) is 46.8 Å². The van der Waals surface area contributed by atoms with Crippen molar-refractivity contribution in [1.29, 1.82) is 0 Å². The van der Waals surface area contributed by atoms with E-state index in [1.807, 2.05) is 6.92 Å². The highest BCUT2D eigenvalue weighted by Gasteiger charge is 2.48. The maximum atomic E-state index is 12.5. The van der Waals surface area contributed by atoms with E-state index in [9.17, 15) is 14.7 Å². The van der Waals surface area contributed by atoms with E-state index < -0.39 is 23.2 Å². The Bertz CT molecular complexity index is 548. The van der Waals surface area contributed by atoms with Gasteiger partial charge in [0.15, 0.2) is 10.2 Å². The standard InChI is InChI=1S/C15H22BrNO5/c1-6-9-17(13(20)22-14(2,3)4)15(5,12(18)19)10-7-8-11(16)21-10/h7-8H,6,9H2,1-5H3,(H,18,19). The molecule has 124 valence electrons. The highest BCUT2D eigenvalue weighted by atomic mass is 79.9. The molecular weight excluding hydrogens is 354 g/mol. The van der Waals surface area contributed by atoms with Gasteiger partial charge in [0.05, 0.1) is 0 Å². The minimum absolute atomic E-state index is 0.159. The molecule has 1 aromatic heterocycles. The summed E-state index contributed by atoms with van der Waals surface area (Å²) in [5, 5.41) is 9.71. The van der Waals surface area contributed by atoms with Crippen LogP contribution in [0.4, 0.5) is 4.79 Å². The summed E-state index contributed by atoms with van der Waals surface area (Å²) in [6.45, 7) is 8.72. The topological polar surface area (TPSA) is 80.0 Å². The smallest absolute Gasteiger partial charge is 0.411 e. The van der Waals surface area contributed by atoms with Crippen LogP contribution in [0.2, 0.25) is 0 Å². The van der Waals surface area contributed by atoms with E-state index in [1.54, 1.807) is 26.8 Å². The number of aliphatic carboxylic acids is 1. The molecule has 7 heteroatoms. The molecule has 1 amide bonds. The average molecular weight is 376 g/mol. The Morgan fingerprint density at radius 3 is 2.27 bits per heavy atom. The first-order valence-electron chi connectivity index (χ1n) is 7.02. The number of amides is 1. The van der Waals surface area contributed by atoms with Crippen LogP contribution in [0.25, 0.3) is 0 Å². The van der Waals surface area contributed by atoms with Gasteiger partial charge in [-0.25, -0.2) is 9.59 Å². The number of halogens is 1. The zero-order chi connectivity index (χ0) is 17.1. The van der Waals surface area contributed by atoms with Crippen molar-refractivity contribution >= 4 is 28.0 Å². The lowest BCUT2D eigenvalue weighted by molar-refractivity contribution is -0.152. The van der Waals surface area contributed by atoms with Gasteiger partial charge in [0.1, 0.15) is 11.4 Å². The molecule has 0 saturated heterocycles. The Labute approximate surface area is 138 Å². The predicted molar refractivity (Wildman–Crippen MR) is 84.6 cm³/mol. The predicted octanol–water partition coefficient (Wildman–Crippen LogP) is 3.99. The summed E-state index contributed by atoms with van der Waals surface area (Å²) in [5.41, 5.74) is -2.36. The van der Waals surface area contributed by atoms with Crippen LogP contribution in [0.15, 0.2) is 21.2 Å². The van der Waals surface area contributed by atoms with Crippen LogP contribution in [0, 0.1) is 0 Å². The number of nitrogens with zero attached hydrogens (tertiary/aromatic N) is 1. The second-order valence-electron chi connectivity index (χ2n) is 6.11. The van der Waals surface area contributed by atoms with Crippen LogP contribution < -0.4 is 0 Å². The number of carbonyl (C=O) groups excluding carboxylic acids is 1. The normalized spacial score (nSPS) is 14.3. The SMILES string of the molecule is CCCN(C(=O)OC(C)(C)C)C(C)(C(=O)O)c1ccc(Br)o1. The number of carbonyl (C=O) groups is 2. The van der Waals surface area contributed by atoms with Crippen LogP contribution in [-0.4, -0.2) is 34.2 Å². The molecule has 6 nitrogen and oxygen atoms in total. The van der Waals surface area contributed by atoms with Crippen molar-refractivity contribution < 1.29 is 23.8 Å². The number of hydrogen-bond donors (Lipinski definition) is 1. The van der Waals surface area contributed by atoms with Crippen molar-refractivity contribution in [2.75, 3.05) is 6.54 Å². The van der Waals surface area contributed by atoms with Gasteiger partial charge < -0.3 is 14.3 Å². The van der Waals surface area contributed by atoms with E-state index >= 15 is 0 Å². The fourth-order valence-corrected chi connectivity index (χ4v) is 2.27. The summed E-state index contributed by atoms with van der Waals surface area (Å²) in [7, 11) is 0. The van der Waals surface area contributed by atoms with E-state index in [1.165, 1.54) is 17.9 Å². The molecule has 1 rings (SSSR count). The maximum absolute atomic E-state index is 12.5. The number of furan rings is 1. The Kier molecular flexibility index (Phi) is 5.67. The zero-order valence-corrected chi connectivity index (χ0v) is 15.1. The Morgan fingerprint density at radius 2 is 1.91 bits per heavy atom. The molecule has 0 saturated carbocycles. The molecule has 0 spiro atoms. The number of carboxylic acids is 1. The molecule has 1 unspecified atom stereocenters. The Balaban J connectivity index is 3.28. The van der Waals surface area contributed by atoms with Crippen molar-refractivity contribution in [2.24, 2.45) is 0 Å². The number of carboxylic acid groups (broad SMARTS) is 1. The van der Waals surface area contributed by atoms with Crippen molar-refractivity contribution in [3.8, 4) is 0 Å². The molecule has 0 fully saturated rings. The first-order valence-corrected chi connectivity index (χ1v) is 7.81. The van der Waals surface area contributed by atoms with Crippen molar-refractivity contribution in [2.45, 2.75) is 52.2 Å². The van der Waals surface area contributed by atoms with Gasteiger partial charge >= 0.3 is 12.1 Å². The molecule has 1 atom stereocenters. The lowest BCUT2D eigenvalue weighted by atomic mass is 9.96. The Morgan fingerprint density at radius 1 is 1.32 bits per heavy atom. The maximum Gasteiger partial charge on any atom is 0.411 e. The fraction of sp³-hybridized carbons (Fsp3) is 0.600. The second-order valence-corrected chi connectivity index (χ2v) is 6.89. The highest BCUT2D eigenvalue weighted by Crippen LogP contribution is 2.33. The average Bonchev–Trinajstić information content (AvgIpc) is 2.79. The number of rotatable bonds is 5. The first kappa shape index (κ1) is 18.5. The van der Waals surface area contributed by atoms with E-state index in [0.29, 0.717) is 11.1 Å². The molecule has 1 N–H and O–H groups in total. The molecule has 0 aromatic carbocycles. The summed E-state index contributed by atoms with van der Waals surface area (Å²) in [4.78, 5) is 25.5. The Hall–Kier alpha value is -1.50. The summed E-state index contributed by atoms with van der Waals surface area (Å²) < 4.78 is 11.1. The van der Waals surface area contributed by atoms with E-state index in [0.717, 1.165) is 0 Å². The van der Waals surface area contributed by atoms with Gasteiger partial charge in [-0.15, -0.1) is 0 Å². The van der Waals surface area contributed by atoms with E-state index in [4.69, 9.17) is 9.15 Å². The molecule has 1 heterocycles. The molecule has 0 bridgehead atoms. The van der Waals surface area contributed by atoms with Crippen molar-refractivity contribution in [3.05, 3.63) is 22.6 Å². The third-order valence-electron chi connectivity index (χ3n) is 3.07. The van der Waals surface area contributed by atoms with E-state index in [-0.39, 0.29) is 12.3 Å². The second kappa shape index (κ2) is 6.73. The molecule has 22 heavy (non-hydrogen) atoms. The minimum Gasteiger partial charge on any atom is -0.479 e. The van der Waals surface area contributed by atoms with Crippen LogP contribution >= 0.6 is 15.9 Å². The van der Waals surface area contributed by atoms with Gasteiger partial charge in [-0.2, -0.15) is 0 Å². The summed E-state index contributed by atoms with van der Waals surface area (Å²) in [6.07, 6.45) is -0.101. The largest absolute Gasteiger partial charge is 0.479 e. The van der Waals surface area contributed by atoms with Crippen LogP contribution in [-0.2, 0) is 15.1 Å². The summed E-state index contributed by atoms with van der Waals surface area (Å²) in [5.74, 6) is -1.03. The molecule has 0 aliphatic heterocycles. The third kappa shape index (κ3) is 4.03. The number of ether oxygens (including phenoxy) is 1. The van der Waals surface area contributed by atoms with Gasteiger partial charge in [-0.1, -0.05) is 6.92 Å². The molecule has 0 aliphatic carbocycles. The lowest BCUT2D eigenvalue weighted by Gasteiger charge is -2.37. The minimum atomic E-state index is -1.65. The quantitative estimate of drug-likeness (QED) is 0.841. The van der Waals surface area contributed by atoms with Gasteiger partial charge in [-0.3, -0.25) is 4.90 Å². The summed E-state index contributed by atoms with van der Waals surface area (Å²) >= 11 is 3.15. The lowest BCUT2D eigenvalue weighted by Crippen LogP contribution is -2.54. The van der Waals surface area contributed by atoms with Crippen molar-refractivity contribution in [1.82, 2.24) is 4.90 Å². The van der Waals surface area contributed by atoms with Gasteiger partial charge in [0.25, 0.3) is 0 Å². The summed E-state index contributed by atoms with van der Waals surface area (Å²) in [6, 6.07) is 3.13.